The molecule has 4 heterocycles. The summed E-state index contributed by atoms with van der Waals surface area (Å²) in [5.74, 6) is 2.25. The third kappa shape index (κ3) is 2.82. The number of rotatable bonds is 3. The summed E-state index contributed by atoms with van der Waals surface area (Å²) in [5.41, 5.74) is 1.61. The average molecular weight is 312 g/mol. The molecule has 0 aliphatic carbocycles. The molecule has 4 rings (SSSR count). The predicted octanol–water partition coefficient (Wildman–Crippen LogP) is 2.77. The van der Waals surface area contributed by atoms with Crippen molar-refractivity contribution in [2.75, 3.05) is 20.1 Å². The molecule has 6 heteroatoms. The van der Waals surface area contributed by atoms with Crippen LogP contribution in [0.1, 0.15) is 18.6 Å². The molecule has 1 unspecified atom stereocenters. The zero-order valence-electron chi connectivity index (χ0n) is 13.4. The summed E-state index contributed by atoms with van der Waals surface area (Å²) in [5, 5.41) is 4.59. The average Bonchev–Trinajstić information content (AvgIpc) is 3.13. The maximum Gasteiger partial charge on any atom is 0.232 e. The van der Waals surface area contributed by atoms with Crippen LogP contribution >= 0.6 is 0 Å². The second-order valence-electron chi connectivity index (χ2n) is 6.14. The zero-order valence-corrected chi connectivity index (χ0v) is 13.4. The molecule has 1 aliphatic rings. The summed E-state index contributed by atoms with van der Waals surface area (Å²) < 4.78 is 13.5. The Morgan fingerprint density at radius 3 is 2.96 bits per heavy atom. The Kier molecular flexibility index (Phi) is 3.53. The molecule has 0 amide bonds. The van der Waals surface area contributed by atoms with E-state index in [1.54, 1.807) is 10.7 Å². The number of hydrogen-bond donors (Lipinski definition) is 0. The van der Waals surface area contributed by atoms with E-state index in [0.29, 0.717) is 5.88 Å². The molecule has 1 fully saturated rings. The maximum atomic E-state index is 6.07. The van der Waals surface area contributed by atoms with Gasteiger partial charge in [-0.15, -0.1) is 5.10 Å². The highest BCUT2D eigenvalue weighted by Gasteiger charge is 2.19. The second kappa shape index (κ2) is 5.70. The van der Waals surface area contributed by atoms with Crippen LogP contribution < -0.4 is 4.74 Å². The molecule has 1 atom stereocenters. The standard InChI is InChI=1S/C17H20N4O2/c1-12-5-6-15(22-12)14-10-18-16-7-8-17(19-21(14)16)23-13-4-3-9-20(2)11-13/h5-8,10,13H,3-4,9,11H2,1-2H3. The van der Waals surface area contributed by atoms with Crippen LogP contribution in [0.4, 0.5) is 0 Å². The van der Waals surface area contributed by atoms with Crippen molar-refractivity contribution in [2.45, 2.75) is 25.9 Å². The first-order valence-corrected chi connectivity index (χ1v) is 7.96. The normalized spacial score (nSPS) is 19.3. The molecule has 0 N–H and O–H groups in total. The van der Waals surface area contributed by atoms with E-state index in [4.69, 9.17) is 9.15 Å². The van der Waals surface area contributed by atoms with Crippen LogP contribution in [0, 0.1) is 6.92 Å². The second-order valence-corrected chi connectivity index (χ2v) is 6.14. The van der Waals surface area contributed by atoms with Crippen LogP contribution in [0.5, 0.6) is 5.88 Å². The summed E-state index contributed by atoms with van der Waals surface area (Å²) >= 11 is 0. The number of nitrogens with zero attached hydrogens (tertiary/aromatic N) is 4. The quantitative estimate of drug-likeness (QED) is 0.744. The monoisotopic (exact) mass is 312 g/mol. The zero-order chi connectivity index (χ0) is 15.8. The summed E-state index contributed by atoms with van der Waals surface area (Å²) in [6.07, 6.45) is 4.19. The van der Waals surface area contributed by atoms with Crippen molar-refractivity contribution in [3.05, 3.63) is 36.2 Å². The van der Waals surface area contributed by atoms with Crippen molar-refractivity contribution in [1.82, 2.24) is 19.5 Å². The van der Waals surface area contributed by atoms with Crippen LogP contribution in [-0.4, -0.2) is 45.7 Å². The lowest BCUT2D eigenvalue weighted by Gasteiger charge is -2.29. The van der Waals surface area contributed by atoms with E-state index in [2.05, 4.69) is 22.0 Å². The Hall–Kier alpha value is -2.34. The number of aromatic nitrogens is 3. The lowest BCUT2D eigenvalue weighted by Crippen LogP contribution is -2.38. The van der Waals surface area contributed by atoms with Crippen LogP contribution in [-0.2, 0) is 0 Å². The maximum absolute atomic E-state index is 6.07. The van der Waals surface area contributed by atoms with Crippen molar-refractivity contribution in [3.63, 3.8) is 0 Å². The molecule has 3 aromatic heterocycles. The number of aryl methyl sites for hydroxylation is 1. The van der Waals surface area contributed by atoms with Crippen molar-refractivity contribution in [2.24, 2.45) is 0 Å². The Balaban J connectivity index is 1.64. The lowest BCUT2D eigenvalue weighted by atomic mass is 10.1. The number of hydrogen-bond acceptors (Lipinski definition) is 5. The fourth-order valence-corrected chi connectivity index (χ4v) is 3.05. The van der Waals surface area contributed by atoms with Gasteiger partial charge in [0.2, 0.25) is 5.88 Å². The number of fused-ring (bicyclic) bond motifs is 1. The first kappa shape index (κ1) is 14.3. The highest BCUT2D eigenvalue weighted by atomic mass is 16.5. The molecule has 6 nitrogen and oxygen atoms in total. The van der Waals surface area contributed by atoms with Crippen LogP contribution in [0.2, 0.25) is 0 Å². The van der Waals surface area contributed by atoms with Gasteiger partial charge >= 0.3 is 0 Å². The molecule has 0 bridgehead atoms. The van der Waals surface area contributed by atoms with E-state index in [1.807, 2.05) is 31.2 Å². The van der Waals surface area contributed by atoms with Gasteiger partial charge in [-0.3, -0.25) is 0 Å². The number of likely N-dealkylation sites (N-methyl/N-ethyl adjacent to an activating group) is 1. The van der Waals surface area contributed by atoms with Crippen molar-refractivity contribution >= 4 is 5.65 Å². The Bertz CT molecular complexity index is 823. The highest BCUT2D eigenvalue weighted by Crippen LogP contribution is 2.24. The number of imidazole rings is 1. The first-order chi connectivity index (χ1) is 11.2. The van der Waals surface area contributed by atoms with E-state index >= 15 is 0 Å². The van der Waals surface area contributed by atoms with Gasteiger partial charge in [-0.05, 0) is 51.6 Å². The van der Waals surface area contributed by atoms with Gasteiger partial charge in [0, 0.05) is 12.6 Å². The largest absolute Gasteiger partial charge is 0.472 e. The molecular weight excluding hydrogens is 292 g/mol. The first-order valence-electron chi connectivity index (χ1n) is 7.96. The van der Waals surface area contributed by atoms with Gasteiger partial charge in [0.05, 0.1) is 6.20 Å². The molecule has 1 aliphatic heterocycles. The summed E-state index contributed by atoms with van der Waals surface area (Å²) in [7, 11) is 2.12. The summed E-state index contributed by atoms with van der Waals surface area (Å²) in [6, 6.07) is 7.68. The van der Waals surface area contributed by atoms with Gasteiger partial charge in [-0.1, -0.05) is 0 Å². The van der Waals surface area contributed by atoms with Crippen molar-refractivity contribution in [1.29, 1.82) is 0 Å². The van der Waals surface area contributed by atoms with Crippen LogP contribution in [0.3, 0.4) is 0 Å². The van der Waals surface area contributed by atoms with Gasteiger partial charge in [0.25, 0.3) is 0 Å². The summed E-state index contributed by atoms with van der Waals surface area (Å²) in [6.45, 7) is 4.00. The molecular formula is C17H20N4O2. The SMILES string of the molecule is Cc1ccc(-c2cnc3ccc(OC4CCCN(C)C4)nn23)o1. The fourth-order valence-electron chi connectivity index (χ4n) is 3.05. The Labute approximate surface area is 134 Å². The van der Waals surface area contributed by atoms with E-state index in [-0.39, 0.29) is 6.10 Å². The van der Waals surface area contributed by atoms with E-state index in [0.717, 1.165) is 48.8 Å². The minimum atomic E-state index is 0.191. The minimum Gasteiger partial charge on any atom is -0.472 e. The highest BCUT2D eigenvalue weighted by molar-refractivity contribution is 5.58. The molecule has 0 aromatic carbocycles. The van der Waals surface area contributed by atoms with Gasteiger partial charge < -0.3 is 14.1 Å². The van der Waals surface area contributed by atoms with E-state index in [9.17, 15) is 0 Å². The van der Waals surface area contributed by atoms with Gasteiger partial charge in [-0.2, -0.15) is 0 Å². The molecule has 0 radical (unpaired) electrons. The molecule has 0 spiro atoms. The Morgan fingerprint density at radius 1 is 1.26 bits per heavy atom. The molecule has 0 saturated carbocycles. The molecule has 120 valence electrons. The third-order valence-electron chi connectivity index (χ3n) is 4.20. The van der Waals surface area contributed by atoms with Gasteiger partial charge in [0.15, 0.2) is 11.4 Å². The summed E-state index contributed by atoms with van der Waals surface area (Å²) in [4.78, 5) is 6.67. The number of likely N-dealkylation sites (tertiary alicyclic amines) is 1. The number of piperidine rings is 1. The Morgan fingerprint density at radius 2 is 2.17 bits per heavy atom. The van der Waals surface area contributed by atoms with Crippen molar-refractivity contribution in [3.8, 4) is 17.3 Å². The van der Waals surface area contributed by atoms with Crippen LogP contribution in [0.25, 0.3) is 17.1 Å². The van der Waals surface area contributed by atoms with Crippen LogP contribution in [0.15, 0.2) is 34.9 Å². The van der Waals surface area contributed by atoms with E-state index in [1.165, 1.54) is 0 Å². The fraction of sp³-hybridized carbons (Fsp3) is 0.412. The molecule has 1 saturated heterocycles. The lowest BCUT2D eigenvalue weighted by molar-refractivity contribution is 0.0988. The predicted molar refractivity (Wildman–Crippen MR) is 86.6 cm³/mol. The van der Waals surface area contributed by atoms with Gasteiger partial charge in [0.1, 0.15) is 17.6 Å². The third-order valence-corrected chi connectivity index (χ3v) is 4.20. The molecule has 3 aromatic rings. The smallest absolute Gasteiger partial charge is 0.232 e. The number of furan rings is 1. The topological polar surface area (TPSA) is 55.8 Å². The minimum absolute atomic E-state index is 0.191. The van der Waals surface area contributed by atoms with E-state index < -0.39 is 0 Å². The molecule has 23 heavy (non-hydrogen) atoms. The van der Waals surface area contributed by atoms with Crippen molar-refractivity contribution < 1.29 is 9.15 Å². The number of ether oxygens (including phenoxy) is 1. The van der Waals surface area contributed by atoms with Gasteiger partial charge in [-0.25, -0.2) is 9.50 Å².